The van der Waals surface area contributed by atoms with E-state index in [4.69, 9.17) is 5.73 Å². The highest BCUT2D eigenvalue weighted by molar-refractivity contribution is 5.33. The molecule has 0 saturated heterocycles. The Kier molecular flexibility index (Phi) is 2.57. The molecule has 0 heterocycles. The third-order valence-electron chi connectivity index (χ3n) is 1.83. The molecular formula is C8H10F3N. The third kappa shape index (κ3) is 1.88. The Bertz CT molecular complexity index is 225. The van der Waals surface area contributed by atoms with Crippen molar-refractivity contribution in [2.24, 2.45) is 5.73 Å². The second kappa shape index (κ2) is 3.31. The molecule has 1 nitrogen and oxygen atoms in total. The fraction of sp³-hybridized carbons (Fsp3) is 0.500. The van der Waals surface area contributed by atoms with Crippen LogP contribution in [0.2, 0.25) is 0 Å². The van der Waals surface area contributed by atoms with Crippen LogP contribution in [0.4, 0.5) is 13.2 Å². The van der Waals surface area contributed by atoms with Gasteiger partial charge in [-0.1, -0.05) is 12.2 Å². The van der Waals surface area contributed by atoms with E-state index >= 15 is 0 Å². The summed E-state index contributed by atoms with van der Waals surface area (Å²) >= 11 is 0. The average molecular weight is 177 g/mol. The smallest absolute Gasteiger partial charge is 0.326 e. The molecule has 0 aromatic carbocycles. The number of alkyl halides is 3. The summed E-state index contributed by atoms with van der Waals surface area (Å²) in [6.45, 7) is -0.0364. The fourth-order valence-electron chi connectivity index (χ4n) is 1.23. The van der Waals surface area contributed by atoms with Gasteiger partial charge in [0.1, 0.15) is 0 Å². The molecule has 0 amide bonds. The molecule has 0 fully saturated rings. The van der Waals surface area contributed by atoms with Crippen molar-refractivity contribution in [2.45, 2.75) is 19.0 Å². The van der Waals surface area contributed by atoms with Crippen LogP contribution in [0.1, 0.15) is 12.8 Å². The zero-order valence-corrected chi connectivity index (χ0v) is 6.49. The Morgan fingerprint density at radius 2 is 2.08 bits per heavy atom. The van der Waals surface area contributed by atoms with Crippen LogP contribution in [0.5, 0.6) is 0 Å². The van der Waals surface area contributed by atoms with Gasteiger partial charge in [0.25, 0.3) is 0 Å². The van der Waals surface area contributed by atoms with E-state index in [9.17, 15) is 13.2 Å². The molecule has 2 N–H and O–H groups in total. The van der Waals surface area contributed by atoms with Crippen LogP contribution in [0.25, 0.3) is 0 Å². The Morgan fingerprint density at radius 1 is 1.42 bits per heavy atom. The molecule has 0 unspecified atom stereocenters. The van der Waals surface area contributed by atoms with Gasteiger partial charge in [0.05, 0.1) is 0 Å². The lowest BCUT2D eigenvalue weighted by Gasteiger charge is -2.17. The summed E-state index contributed by atoms with van der Waals surface area (Å²) in [7, 11) is 0. The van der Waals surface area contributed by atoms with Gasteiger partial charge >= 0.3 is 6.18 Å². The molecule has 0 aliphatic heterocycles. The molecule has 0 atom stereocenters. The fourth-order valence-corrected chi connectivity index (χ4v) is 1.23. The maximum atomic E-state index is 12.2. The molecule has 68 valence electrons. The summed E-state index contributed by atoms with van der Waals surface area (Å²) in [5.74, 6) is 0. The van der Waals surface area contributed by atoms with Crippen LogP contribution < -0.4 is 5.73 Å². The quantitative estimate of drug-likeness (QED) is 0.652. The number of rotatable bonds is 1. The van der Waals surface area contributed by atoms with E-state index in [1.54, 1.807) is 6.08 Å². The van der Waals surface area contributed by atoms with E-state index in [2.05, 4.69) is 0 Å². The van der Waals surface area contributed by atoms with Gasteiger partial charge in [0.15, 0.2) is 0 Å². The molecular weight excluding hydrogens is 167 g/mol. The van der Waals surface area contributed by atoms with Crippen LogP contribution in [0.15, 0.2) is 23.3 Å². The van der Waals surface area contributed by atoms with Crippen molar-refractivity contribution < 1.29 is 13.2 Å². The molecule has 12 heavy (non-hydrogen) atoms. The van der Waals surface area contributed by atoms with E-state index in [0.717, 1.165) is 0 Å². The van der Waals surface area contributed by atoms with Crippen molar-refractivity contribution >= 4 is 0 Å². The zero-order chi connectivity index (χ0) is 9.19. The summed E-state index contributed by atoms with van der Waals surface area (Å²) in [5, 5.41) is 0. The molecule has 1 rings (SSSR count). The third-order valence-corrected chi connectivity index (χ3v) is 1.83. The van der Waals surface area contributed by atoms with Crippen LogP contribution in [0, 0.1) is 0 Å². The predicted octanol–water partition coefficient (Wildman–Crippen LogP) is 2.15. The Morgan fingerprint density at radius 3 is 2.50 bits per heavy atom. The number of nitrogens with two attached hydrogens (primary N) is 1. The van der Waals surface area contributed by atoms with Gasteiger partial charge in [-0.15, -0.1) is 0 Å². The molecule has 0 spiro atoms. The van der Waals surface area contributed by atoms with Crippen molar-refractivity contribution in [1.29, 1.82) is 0 Å². The topological polar surface area (TPSA) is 26.0 Å². The molecule has 0 aromatic heterocycles. The Labute approximate surface area is 68.7 Å². The van der Waals surface area contributed by atoms with Gasteiger partial charge in [-0.3, -0.25) is 0 Å². The Hall–Kier alpha value is -0.770. The monoisotopic (exact) mass is 177 g/mol. The molecule has 1 aliphatic carbocycles. The lowest BCUT2D eigenvalue weighted by Crippen LogP contribution is -2.19. The van der Waals surface area contributed by atoms with Crippen molar-refractivity contribution in [2.75, 3.05) is 6.54 Å². The zero-order valence-electron chi connectivity index (χ0n) is 6.49. The molecule has 0 aromatic rings. The lowest BCUT2D eigenvalue weighted by atomic mass is 9.97. The highest BCUT2D eigenvalue weighted by atomic mass is 19.4. The summed E-state index contributed by atoms with van der Waals surface area (Å²) in [6, 6.07) is 0. The largest absolute Gasteiger partial charge is 0.413 e. The Balaban J connectivity index is 2.96. The van der Waals surface area contributed by atoms with E-state index in [1.807, 2.05) is 0 Å². The van der Waals surface area contributed by atoms with E-state index in [1.165, 1.54) is 6.08 Å². The van der Waals surface area contributed by atoms with Gasteiger partial charge in [0.2, 0.25) is 0 Å². The molecule has 4 heteroatoms. The van der Waals surface area contributed by atoms with Gasteiger partial charge < -0.3 is 5.73 Å². The standard InChI is InChI=1S/C8H10F3N/c9-8(10,11)7-4-2-1-3-6(7)5-12/h1,3H,2,4-5,12H2. The second-order valence-electron chi connectivity index (χ2n) is 2.65. The molecule has 0 bridgehead atoms. The lowest BCUT2D eigenvalue weighted by molar-refractivity contribution is -0.0947. The second-order valence-corrected chi connectivity index (χ2v) is 2.65. The van der Waals surface area contributed by atoms with Gasteiger partial charge in [-0.2, -0.15) is 13.2 Å². The molecule has 0 saturated carbocycles. The highest BCUT2D eigenvalue weighted by Crippen LogP contribution is 2.33. The summed E-state index contributed by atoms with van der Waals surface area (Å²) in [5.41, 5.74) is 4.93. The minimum absolute atomic E-state index is 0.0364. The summed E-state index contributed by atoms with van der Waals surface area (Å²) in [6.07, 6.45) is -0.506. The number of hydrogen-bond acceptors (Lipinski definition) is 1. The van der Waals surface area contributed by atoms with Gasteiger partial charge in [-0.05, 0) is 18.4 Å². The summed E-state index contributed by atoms with van der Waals surface area (Å²) < 4.78 is 36.7. The number of halogens is 3. The minimum atomic E-state index is -4.21. The number of allylic oxidation sites excluding steroid dienone is 2. The van der Waals surface area contributed by atoms with Crippen molar-refractivity contribution in [3.05, 3.63) is 23.3 Å². The van der Waals surface area contributed by atoms with Gasteiger partial charge in [0, 0.05) is 12.1 Å². The van der Waals surface area contributed by atoms with Crippen LogP contribution in [0.3, 0.4) is 0 Å². The van der Waals surface area contributed by atoms with Crippen LogP contribution in [-0.4, -0.2) is 12.7 Å². The predicted molar refractivity (Wildman–Crippen MR) is 40.5 cm³/mol. The van der Waals surface area contributed by atoms with Crippen molar-refractivity contribution in [3.8, 4) is 0 Å². The average Bonchev–Trinajstić information content (AvgIpc) is 2.03. The highest BCUT2D eigenvalue weighted by Gasteiger charge is 2.35. The first-order valence-electron chi connectivity index (χ1n) is 3.71. The van der Waals surface area contributed by atoms with Crippen LogP contribution in [-0.2, 0) is 0 Å². The van der Waals surface area contributed by atoms with Crippen LogP contribution >= 0.6 is 0 Å². The maximum Gasteiger partial charge on any atom is 0.413 e. The minimum Gasteiger partial charge on any atom is -0.326 e. The van der Waals surface area contributed by atoms with E-state index < -0.39 is 11.7 Å². The first kappa shape index (κ1) is 9.32. The normalized spacial score (nSPS) is 18.7. The maximum absolute atomic E-state index is 12.2. The van der Waals surface area contributed by atoms with Crippen molar-refractivity contribution in [1.82, 2.24) is 0 Å². The first-order chi connectivity index (χ1) is 5.55. The van der Waals surface area contributed by atoms with E-state index in [0.29, 0.717) is 6.42 Å². The van der Waals surface area contributed by atoms with Gasteiger partial charge in [-0.25, -0.2) is 0 Å². The van der Waals surface area contributed by atoms with Crippen molar-refractivity contribution in [3.63, 3.8) is 0 Å². The molecule has 1 aliphatic rings. The number of hydrogen-bond donors (Lipinski definition) is 1. The van der Waals surface area contributed by atoms with E-state index in [-0.39, 0.29) is 18.5 Å². The summed E-state index contributed by atoms with van der Waals surface area (Å²) in [4.78, 5) is 0. The SMILES string of the molecule is NCC1=C(C(F)(F)F)CCC=C1. The first-order valence-corrected chi connectivity index (χ1v) is 3.71. The molecule has 0 radical (unpaired) electrons.